The number of ether oxygens (including phenoxy) is 1. The number of aryl methyl sites for hydroxylation is 1. The minimum absolute atomic E-state index is 0.107. The van der Waals surface area contributed by atoms with Crippen LogP contribution < -0.4 is 10.2 Å². The first-order valence-corrected chi connectivity index (χ1v) is 12.7. The number of hydrogen-bond donors (Lipinski definition) is 1. The van der Waals surface area contributed by atoms with Crippen LogP contribution in [-0.4, -0.2) is 25.2 Å². The second-order valence-electron chi connectivity index (χ2n) is 10.1. The molecule has 1 N–H and O–H groups in total. The van der Waals surface area contributed by atoms with Gasteiger partial charge in [0.05, 0.1) is 5.56 Å². The molecule has 1 heterocycles. The Morgan fingerprint density at radius 1 is 1.06 bits per heavy atom. The fourth-order valence-electron chi connectivity index (χ4n) is 5.60. The van der Waals surface area contributed by atoms with Gasteiger partial charge in [0.2, 0.25) is 0 Å². The highest BCUT2D eigenvalue weighted by Crippen LogP contribution is 2.35. The van der Waals surface area contributed by atoms with Gasteiger partial charge in [0.1, 0.15) is 6.61 Å². The zero-order chi connectivity index (χ0) is 24.8. The van der Waals surface area contributed by atoms with Crippen molar-refractivity contribution in [1.82, 2.24) is 5.32 Å². The van der Waals surface area contributed by atoms with E-state index in [4.69, 9.17) is 4.74 Å². The SMILES string of the molecule is Cc1cccc(COC(=O)N[C@@H]2CCCC[C@H]2C[C@H]2CCCN(c3ccc(C(F)(F)F)cc3)C2)c1. The number of alkyl halides is 3. The van der Waals surface area contributed by atoms with Crippen LogP contribution in [0.25, 0.3) is 0 Å². The van der Waals surface area contributed by atoms with Crippen molar-refractivity contribution < 1.29 is 22.7 Å². The largest absolute Gasteiger partial charge is 0.445 e. The van der Waals surface area contributed by atoms with Gasteiger partial charge >= 0.3 is 12.3 Å². The fraction of sp³-hybridized carbons (Fsp3) is 0.536. The van der Waals surface area contributed by atoms with E-state index < -0.39 is 11.7 Å². The molecule has 2 aromatic carbocycles. The molecule has 0 unspecified atom stereocenters. The lowest BCUT2D eigenvalue weighted by Crippen LogP contribution is -2.44. The van der Waals surface area contributed by atoms with Crippen LogP contribution in [0.3, 0.4) is 0 Å². The molecule has 2 aromatic rings. The molecular formula is C28H35F3N2O2. The first kappa shape index (κ1) is 25.4. The molecule has 4 nitrogen and oxygen atoms in total. The fourth-order valence-corrected chi connectivity index (χ4v) is 5.60. The third kappa shape index (κ3) is 7.15. The van der Waals surface area contributed by atoms with Gasteiger partial charge in [-0.05, 0) is 80.7 Å². The van der Waals surface area contributed by atoms with Crippen LogP contribution in [0.5, 0.6) is 0 Å². The number of carbonyl (C=O) groups is 1. The number of benzene rings is 2. The number of nitrogens with one attached hydrogen (secondary N) is 1. The molecule has 35 heavy (non-hydrogen) atoms. The van der Waals surface area contributed by atoms with Crippen LogP contribution in [0.15, 0.2) is 48.5 Å². The van der Waals surface area contributed by atoms with Gasteiger partial charge in [-0.1, -0.05) is 42.7 Å². The summed E-state index contributed by atoms with van der Waals surface area (Å²) in [6, 6.07) is 13.6. The lowest BCUT2D eigenvalue weighted by Gasteiger charge is -2.39. The number of carbonyl (C=O) groups excluding carboxylic acids is 1. The molecule has 1 saturated carbocycles. The summed E-state index contributed by atoms with van der Waals surface area (Å²) in [6.45, 7) is 3.97. The molecule has 1 aliphatic heterocycles. The van der Waals surface area contributed by atoms with E-state index in [1.54, 1.807) is 12.1 Å². The van der Waals surface area contributed by atoms with E-state index in [1.807, 2.05) is 31.2 Å². The van der Waals surface area contributed by atoms with Crippen molar-refractivity contribution >= 4 is 11.8 Å². The summed E-state index contributed by atoms with van der Waals surface area (Å²) in [5, 5.41) is 3.13. The highest BCUT2D eigenvalue weighted by atomic mass is 19.4. The molecule has 1 amide bonds. The van der Waals surface area contributed by atoms with Crippen molar-refractivity contribution in [2.75, 3.05) is 18.0 Å². The molecule has 7 heteroatoms. The molecule has 2 aliphatic rings. The minimum atomic E-state index is -4.31. The Morgan fingerprint density at radius 3 is 2.57 bits per heavy atom. The molecule has 1 aliphatic carbocycles. The second kappa shape index (κ2) is 11.4. The van der Waals surface area contributed by atoms with E-state index in [9.17, 15) is 18.0 Å². The zero-order valence-corrected chi connectivity index (χ0v) is 20.3. The Bertz CT molecular complexity index is 977. The van der Waals surface area contributed by atoms with Crippen molar-refractivity contribution in [3.8, 4) is 0 Å². The summed E-state index contributed by atoms with van der Waals surface area (Å²) in [4.78, 5) is 14.7. The van der Waals surface area contributed by atoms with Crippen LogP contribution in [0, 0.1) is 18.8 Å². The Morgan fingerprint density at radius 2 is 1.83 bits per heavy atom. The summed E-state index contributed by atoms with van der Waals surface area (Å²) < 4.78 is 44.2. The molecule has 0 aromatic heterocycles. The van der Waals surface area contributed by atoms with Gasteiger partial charge in [0, 0.05) is 24.8 Å². The summed E-state index contributed by atoms with van der Waals surface area (Å²) in [5.41, 5.74) is 2.35. The Hall–Kier alpha value is -2.70. The van der Waals surface area contributed by atoms with Crippen LogP contribution in [0.1, 0.15) is 61.6 Å². The van der Waals surface area contributed by atoms with E-state index in [0.717, 1.165) is 74.8 Å². The maximum Gasteiger partial charge on any atom is 0.416 e. The first-order chi connectivity index (χ1) is 16.8. The van der Waals surface area contributed by atoms with E-state index in [2.05, 4.69) is 10.2 Å². The number of anilines is 1. The molecule has 1 saturated heterocycles. The number of amides is 1. The average molecular weight is 489 g/mol. The zero-order valence-electron chi connectivity index (χ0n) is 20.3. The van der Waals surface area contributed by atoms with Crippen molar-refractivity contribution in [3.05, 3.63) is 65.2 Å². The third-order valence-electron chi connectivity index (χ3n) is 7.38. The molecule has 190 valence electrons. The number of nitrogens with zero attached hydrogens (tertiary/aromatic N) is 1. The molecule has 0 bridgehead atoms. The monoisotopic (exact) mass is 488 g/mol. The van der Waals surface area contributed by atoms with Crippen molar-refractivity contribution in [3.63, 3.8) is 0 Å². The second-order valence-corrected chi connectivity index (χ2v) is 10.1. The van der Waals surface area contributed by atoms with E-state index in [-0.39, 0.29) is 18.7 Å². The Kier molecular flexibility index (Phi) is 8.24. The Labute approximate surface area is 205 Å². The molecule has 0 radical (unpaired) electrons. The predicted octanol–water partition coefficient (Wildman–Crippen LogP) is 7.11. The predicted molar refractivity (Wildman–Crippen MR) is 131 cm³/mol. The quantitative estimate of drug-likeness (QED) is 0.471. The third-order valence-corrected chi connectivity index (χ3v) is 7.38. The Balaban J connectivity index is 1.30. The van der Waals surface area contributed by atoms with Gasteiger partial charge in [-0.25, -0.2) is 4.79 Å². The molecule has 3 atom stereocenters. The van der Waals surface area contributed by atoms with E-state index >= 15 is 0 Å². The summed E-state index contributed by atoms with van der Waals surface area (Å²) in [5.74, 6) is 0.856. The summed E-state index contributed by atoms with van der Waals surface area (Å²) in [6.07, 6.45) is 2.77. The highest BCUT2D eigenvalue weighted by molar-refractivity contribution is 5.67. The maximum atomic E-state index is 12.9. The molecule has 4 rings (SSSR count). The van der Waals surface area contributed by atoms with Crippen molar-refractivity contribution in [2.45, 2.75) is 70.7 Å². The van der Waals surface area contributed by atoms with Crippen LogP contribution >= 0.6 is 0 Å². The number of rotatable bonds is 6. The summed E-state index contributed by atoms with van der Waals surface area (Å²) >= 11 is 0. The van der Waals surface area contributed by atoms with Gasteiger partial charge in [-0.3, -0.25) is 0 Å². The van der Waals surface area contributed by atoms with Crippen LogP contribution in [0.2, 0.25) is 0 Å². The van der Waals surface area contributed by atoms with Crippen LogP contribution in [-0.2, 0) is 17.5 Å². The van der Waals surface area contributed by atoms with Crippen molar-refractivity contribution in [2.24, 2.45) is 11.8 Å². The van der Waals surface area contributed by atoms with Crippen LogP contribution in [0.4, 0.5) is 23.7 Å². The van der Waals surface area contributed by atoms with E-state index in [0.29, 0.717) is 11.8 Å². The smallest absolute Gasteiger partial charge is 0.416 e. The first-order valence-electron chi connectivity index (χ1n) is 12.7. The number of hydrogen-bond acceptors (Lipinski definition) is 3. The van der Waals surface area contributed by atoms with Gasteiger partial charge in [0.15, 0.2) is 0 Å². The number of piperidine rings is 1. The average Bonchev–Trinajstić information content (AvgIpc) is 2.84. The van der Waals surface area contributed by atoms with Gasteiger partial charge in [-0.2, -0.15) is 13.2 Å². The molecule has 2 fully saturated rings. The number of halogens is 3. The van der Waals surface area contributed by atoms with Crippen molar-refractivity contribution in [1.29, 1.82) is 0 Å². The minimum Gasteiger partial charge on any atom is -0.445 e. The standard InChI is InChI=1S/C28H35F3N2O2/c1-20-6-4-7-22(16-20)19-35-27(34)32-26-10-3-2-9-23(26)17-21-8-5-15-33(18-21)25-13-11-24(12-14-25)28(29,30)31/h4,6-7,11-14,16,21,23,26H,2-3,5,8-10,15,17-19H2,1H3,(H,32,34)/t21-,23+,26-/m1/s1. The number of alkyl carbamates (subject to hydrolysis) is 1. The highest BCUT2D eigenvalue weighted by Gasteiger charge is 2.32. The summed E-state index contributed by atoms with van der Waals surface area (Å²) in [7, 11) is 0. The normalized spacial score (nSPS) is 23.1. The maximum absolute atomic E-state index is 12.9. The molecular weight excluding hydrogens is 453 g/mol. The topological polar surface area (TPSA) is 41.6 Å². The van der Waals surface area contributed by atoms with E-state index in [1.165, 1.54) is 12.1 Å². The lowest BCUT2D eigenvalue weighted by atomic mass is 9.77. The van der Waals surface area contributed by atoms with Gasteiger partial charge < -0.3 is 15.0 Å². The van der Waals surface area contributed by atoms with Gasteiger partial charge in [0.25, 0.3) is 0 Å². The van der Waals surface area contributed by atoms with Gasteiger partial charge in [-0.15, -0.1) is 0 Å². The lowest BCUT2D eigenvalue weighted by molar-refractivity contribution is -0.137. The molecule has 0 spiro atoms.